The lowest BCUT2D eigenvalue weighted by molar-refractivity contribution is 0.317. The van der Waals surface area contributed by atoms with Gasteiger partial charge in [0.2, 0.25) is 0 Å². The summed E-state index contributed by atoms with van der Waals surface area (Å²) in [4.78, 5) is 0. The van der Waals surface area contributed by atoms with E-state index in [1.165, 1.54) is 12.5 Å². The van der Waals surface area contributed by atoms with Gasteiger partial charge in [-0.25, -0.2) is 0 Å². The van der Waals surface area contributed by atoms with Crippen molar-refractivity contribution in [1.29, 1.82) is 0 Å². The fourth-order valence-electron chi connectivity index (χ4n) is 1.26. The van der Waals surface area contributed by atoms with Gasteiger partial charge in [0.1, 0.15) is 5.75 Å². The van der Waals surface area contributed by atoms with Gasteiger partial charge in [-0.05, 0) is 24.6 Å². The lowest BCUT2D eigenvalue weighted by Crippen LogP contribution is -2.19. The first-order chi connectivity index (χ1) is 6.58. The monoisotopic (exact) mass is 207 g/mol. The first-order valence-electron chi connectivity index (χ1n) is 5.17. The fraction of sp³-hybridized carbons (Fsp3) is 0.500. The minimum atomic E-state index is -0.882. The number of ether oxygens (including phenoxy) is 1. The number of rotatable bonds is 5. The van der Waals surface area contributed by atoms with E-state index in [1.54, 1.807) is 0 Å². The molecule has 0 bridgehead atoms. The highest BCUT2D eigenvalue weighted by Gasteiger charge is 2.11. The third kappa shape index (κ3) is 5.07. The highest BCUT2D eigenvalue weighted by molar-refractivity contribution is 6.76. The average molecular weight is 207 g/mol. The van der Waals surface area contributed by atoms with Crippen LogP contribution in [0.2, 0.25) is 25.7 Å². The van der Waals surface area contributed by atoms with Gasteiger partial charge in [0.15, 0.2) is 0 Å². The molecule has 0 aliphatic heterocycles. The molecule has 2 heteroatoms. The van der Waals surface area contributed by atoms with Crippen LogP contribution in [-0.4, -0.2) is 14.7 Å². The Labute approximate surface area is 88.1 Å². The van der Waals surface area contributed by atoms with Crippen molar-refractivity contribution >= 4 is 8.07 Å². The van der Waals surface area contributed by atoms with Crippen LogP contribution in [0, 0.1) is 6.07 Å². The maximum absolute atomic E-state index is 5.60. The Kier molecular flexibility index (Phi) is 4.20. The summed E-state index contributed by atoms with van der Waals surface area (Å²) in [5, 5.41) is 0. The molecule has 1 radical (unpaired) electrons. The van der Waals surface area contributed by atoms with Crippen LogP contribution < -0.4 is 4.74 Å². The van der Waals surface area contributed by atoms with Crippen molar-refractivity contribution in [1.82, 2.24) is 0 Å². The first kappa shape index (κ1) is 11.3. The van der Waals surface area contributed by atoms with Crippen LogP contribution in [-0.2, 0) is 0 Å². The van der Waals surface area contributed by atoms with Crippen LogP contribution in [0.1, 0.15) is 6.42 Å². The second-order valence-electron chi connectivity index (χ2n) is 4.75. The van der Waals surface area contributed by atoms with Crippen LogP contribution in [0.3, 0.4) is 0 Å². The molecule has 14 heavy (non-hydrogen) atoms. The van der Waals surface area contributed by atoms with Gasteiger partial charge in [0.25, 0.3) is 0 Å². The molecule has 1 aromatic rings. The van der Waals surface area contributed by atoms with E-state index >= 15 is 0 Å². The van der Waals surface area contributed by atoms with E-state index in [1.807, 2.05) is 24.3 Å². The van der Waals surface area contributed by atoms with Crippen molar-refractivity contribution in [2.24, 2.45) is 0 Å². The zero-order valence-corrected chi connectivity index (χ0v) is 10.3. The highest BCUT2D eigenvalue weighted by Crippen LogP contribution is 2.13. The second kappa shape index (κ2) is 5.20. The Morgan fingerprint density at radius 3 is 2.43 bits per heavy atom. The molecule has 0 aliphatic carbocycles. The minimum Gasteiger partial charge on any atom is -0.494 e. The van der Waals surface area contributed by atoms with Crippen LogP contribution >= 0.6 is 0 Å². The molecule has 0 unspecified atom stereocenters. The maximum Gasteiger partial charge on any atom is 0.119 e. The molecule has 0 amide bonds. The molecule has 0 spiro atoms. The predicted molar refractivity (Wildman–Crippen MR) is 63.5 cm³/mol. The summed E-state index contributed by atoms with van der Waals surface area (Å²) in [6.45, 7) is 8.02. The Bertz CT molecular complexity index is 251. The summed E-state index contributed by atoms with van der Waals surface area (Å²) in [5.74, 6) is 0.958. The Hall–Kier alpha value is -0.763. The number of hydrogen-bond acceptors (Lipinski definition) is 1. The van der Waals surface area contributed by atoms with Gasteiger partial charge >= 0.3 is 0 Å². The van der Waals surface area contributed by atoms with E-state index < -0.39 is 8.07 Å². The molecule has 1 aromatic carbocycles. The van der Waals surface area contributed by atoms with Gasteiger partial charge < -0.3 is 4.74 Å². The smallest absolute Gasteiger partial charge is 0.119 e. The molecule has 0 saturated carbocycles. The third-order valence-corrected chi connectivity index (χ3v) is 3.88. The van der Waals surface area contributed by atoms with Crippen LogP contribution in [0.15, 0.2) is 24.3 Å². The van der Waals surface area contributed by atoms with E-state index in [2.05, 4.69) is 25.7 Å². The zero-order chi connectivity index (χ0) is 10.4. The van der Waals surface area contributed by atoms with Gasteiger partial charge in [-0.1, -0.05) is 37.8 Å². The van der Waals surface area contributed by atoms with Crippen molar-refractivity contribution in [3.05, 3.63) is 30.3 Å². The normalized spacial score (nSPS) is 11.4. The van der Waals surface area contributed by atoms with Crippen molar-refractivity contribution in [2.45, 2.75) is 32.1 Å². The molecule has 0 fully saturated rings. The van der Waals surface area contributed by atoms with Crippen molar-refractivity contribution in [3.63, 3.8) is 0 Å². The second-order valence-corrected chi connectivity index (χ2v) is 10.4. The first-order valence-corrected chi connectivity index (χ1v) is 8.87. The van der Waals surface area contributed by atoms with Crippen LogP contribution in [0.4, 0.5) is 0 Å². The largest absolute Gasteiger partial charge is 0.494 e. The highest BCUT2D eigenvalue weighted by atomic mass is 28.3. The Balaban J connectivity index is 2.17. The Morgan fingerprint density at radius 1 is 1.21 bits per heavy atom. The lowest BCUT2D eigenvalue weighted by atomic mass is 10.3. The molecular weight excluding hydrogens is 188 g/mol. The summed E-state index contributed by atoms with van der Waals surface area (Å²) in [5.41, 5.74) is 0. The van der Waals surface area contributed by atoms with Gasteiger partial charge in [-0.3, -0.25) is 0 Å². The van der Waals surface area contributed by atoms with Crippen molar-refractivity contribution in [2.75, 3.05) is 6.61 Å². The zero-order valence-electron chi connectivity index (χ0n) is 9.34. The number of hydrogen-bond donors (Lipinski definition) is 0. The quantitative estimate of drug-likeness (QED) is 0.529. The van der Waals surface area contributed by atoms with Crippen molar-refractivity contribution in [3.8, 4) is 5.75 Å². The average Bonchev–Trinajstić information content (AvgIpc) is 2.13. The van der Waals surface area contributed by atoms with Crippen molar-refractivity contribution < 1.29 is 4.74 Å². The lowest BCUT2D eigenvalue weighted by Gasteiger charge is -2.15. The molecular formula is C12H19OSi. The summed E-state index contributed by atoms with van der Waals surface area (Å²) < 4.78 is 5.60. The summed E-state index contributed by atoms with van der Waals surface area (Å²) in [6.07, 6.45) is 1.17. The van der Waals surface area contributed by atoms with Crippen LogP contribution in [0.25, 0.3) is 0 Å². The third-order valence-electron chi connectivity index (χ3n) is 2.03. The van der Waals surface area contributed by atoms with Crippen LogP contribution in [0.5, 0.6) is 5.75 Å². The molecule has 0 saturated heterocycles. The molecule has 0 atom stereocenters. The fourth-order valence-corrected chi connectivity index (χ4v) is 2.47. The van der Waals surface area contributed by atoms with Gasteiger partial charge in [-0.15, -0.1) is 0 Å². The van der Waals surface area contributed by atoms with E-state index in [0.29, 0.717) is 0 Å². The van der Waals surface area contributed by atoms with E-state index in [4.69, 9.17) is 4.74 Å². The van der Waals surface area contributed by atoms with E-state index in [-0.39, 0.29) is 0 Å². The summed E-state index contributed by atoms with van der Waals surface area (Å²) in [7, 11) is -0.882. The van der Waals surface area contributed by atoms with Gasteiger partial charge in [0, 0.05) is 8.07 Å². The molecule has 0 aliphatic rings. The summed E-state index contributed by atoms with van der Waals surface area (Å²) >= 11 is 0. The molecule has 1 nitrogen and oxygen atoms in total. The topological polar surface area (TPSA) is 9.23 Å². The predicted octanol–water partition coefficient (Wildman–Crippen LogP) is 3.59. The molecule has 0 heterocycles. The van der Waals surface area contributed by atoms with E-state index in [9.17, 15) is 0 Å². The summed E-state index contributed by atoms with van der Waals surface area (Å²) in [6, 6.07) is 12.0. The molecule has 0 aromatic heterocycles. The maximum atomic E-state index is 5.60. The Morgan fingerprint density at radius 2 is 1.86 bits per heavy atom. The molecule has 1 rings (SSSR count). The minimum absolute atomic E-state index is 0.842. The number of benzene rings is 1. The SMILES string of the molecule is C[Si](C)(C)CCCOc1cc[c]cc1. The standard InChI is InChI=1S/C12H19OSi/c1-14(2,3)11-7-10-13-12-8-5-4-6-9-12/h5-6,8-9H,7,10-11H2,1-3H3. The molecule has 77 valence electrons. The molecule has 0 N–H and O–H groups in total. The van der Waals surface area contributed by atoms with Gasteiger partial charge in [-0.2, -0.15) is 0 Å². The van der Waals surface area contributed by atoms with E-state index in [0.717, 1.165) is 12.4 Å². The van der Waals surface area contributed by atoms with Gasteiger partial charge in [0.05, 0.1) is 6.61 Å².